The van der Waals surface area contributed by atoms with Gasteiger partial charge < -0.3 is 0 Å². The molecule has 1 heterocycles. The Kier molecular flexibility index (Phi) is 1.48. The second kappa shape index (κ2) is 2.30. The summed E-state index contributed by atoms with van der Waals surface area (Å²) in [5, 5.41) is 10.5. The molecule has 42 valence electrons. The third kappa shape index (κ3) is 1.07. The minimum absolute atomic E-state index is 0.396. The summed E-state index contributed by atoms with van der Waals surface area (Å²) >= 11 is 1.30. The van der Waals surface area contributed by atoms with Gasteiger partial charge in [-0.15, -0.1) is 17.8 Å². The fraction of sp³-hybridized carbons (Fsp3) is 0. The van der Waals surface area contributed by atoms with Crippen molar-refractivity contribution in [2.45, 2.75) is 0 Å². The number of hydrogen-bond acceptors (Lipinski definition) is 3. The Bertz CT molecular complexity index is 258. The summed E-state index contributed by atoms with van der Waals surface area (Å²) in [5.41, 5.74) is 0.396. The van der Waals surface area contributed by atoms with Crippen molar-refractivity contribution in [1.82, 2.24) is 4.98 Å². The molecule has 0 fully saturated rings. The van der Waals surface area contributed by atoms with E-state index in [2.05, 4.69) is 10.9 Å². The molecule has 1 rings (SSSR count). The molecule has 0 aliphatic heterocycles. The van der Waals surface area contributed by atoms with Crippen LogP contribution in [0.3, 0.4) is 0 Å². The summed E-state index contributed by atoms with van der Waals surface area (Å²) in [6.07, 6.45) is 5.01. The second-order valence-electron chi connectivity index (χ2n) is 1.29. The first-order valence-corrected chi connectivity index (χ1v) is 3.07. The monoisotopic (exact) mass is 134 g/mol. The standard InChI is InChI=1S/C6H2N2S/c1-2-6-8-5(3-7)4-9-6/h1,4H. The number of nitrogens with zero attached hydrogens (tertiary/aromatic N) is 2. The maximum atomic E-state index is 8.27. The van der Waals surface area contributed by atoms with Crippen LogP contribution >= 0.6 is 11.3 Å². The van der Waals surface area contributed by atoms with Crippen LogP contribution in [0.25, 0.3) is 0 Å². The zero-order valence-electron chi connectivity index (χ0n) is 4.46. The van der Waals surface area contributed by atoms with Crippen molar-refractivity contribution < 1.29 is 0 Å². The highest BCUT2D eigenvalue weighted by atomic mass is 32.1. The van der Waals surface area contributed by atoms with Gasteiger partial charge in [0.1, 0.15) is 6.07 Å². The van der Waals surface area contributed by atoms with Gasteiger partial charge in [0.15, 0.2) is 10.7 Å². The van der Waals surface area contributed by atoms with E-state index in [1.807, 2.05) is 6.07 Å². The summed E-state index contributed by atoms with van der Waals surface area (Å²) in [6.45, 7) is 0. The van der Waals surface area contributed by atoms with Crippen molar-refractivity contribution in [3.8, 4) is 18.4 Å². The van der Waals surface area contributed by atoms with E-state index in [9.17, 15) is 0 Å². The van der Waals surface area contributed by atoms with Crippen molar-refractivity contribution in [3.05, 3.63) is 16.1 Å². The Balaban J connectivity index is 3.08. The lowest BCUT2D eigenvalue weighted by atomic mass is 10.5. The van der Waals surface area contributed by atoms with Crippen LogP contribution in [0.2, 0.25) is 0 Å². The third-order valence-corrected chi connectivity index (χ3v) is 1.52. The number of thiazole rings is 1. The summed E-state index contributed by atoms with van der Waals surface area (Å²) in [4.78, 5) is 3.77. The quantitative estimate of drug-likeness (QED) is 0.496. The van der Waals surface area contributed by atoms with Crippen LogP contribution < -0.4 is 0 Å². The first-order valence-electron chi connectivity index (χ1n) is 2.19. The summed E-state index contributed by atoms with van der Waals surface area (Å²) in [7, 11) is 0. The van der Waals surface area contributed by atoms with Crippen LogP contribution in [0.15, 0.2) is 5.38 Å². The zero-order chi connectivity index (χ0) is 6.69. The van der Waals surface area contributed by atoms with Gasteiger partial charge in [-0.05, 0) is 5.92 Å². The lowest BCUT2D eigenvalue weighted by Crippen LogP contribution is -1.71. The molecule has 2 nitrogen and oxygen atoms in total. The molecule has 0 amide bonds. The molecule has 0 radical (unpaired) electrons. The van der Waals surface area contributed by atoms with Gasteiger partial charge in [-0.1, -0.05) is 0 Å². The van der Waals surface area contributed by atoms with E-state index >= 15 is 0 Å². The van der Waals surface area contributed by atoms with E-state index in [0.29, 0.717) is 10.7 Å². The van der Waals surface area contributed by atoms with E-state index in [-0.39, 0.29) is 0 Å². The summed E-state index contributed by atoms with van der Waals surface area (Å²) in [6, 6.07) is 1.89. The Labute approximate surface area is 56.8 Å². The van der Waals surface area contributed by atoms with Gasteiger partial charge in [-0.2, -0.15) is 5.26 Å². The largest absolute Gasteiger partial charge is 0.217 e. The van der Waals surface area contributed by atoms with Gasteiger partial charge in [0.05, 0.1) is 0 Å². The minimum Gasteiger partial charge on any atom is -0.217 e. The Morgan fingerprint density at radius 3 is 2.89 bits per heavy atom. The third-order valence-electron chi connectivity index (χ3n) is 0.742. The van der Waals surface area contributed by atoms with E-state index < -0.39 is 0 Å². The highest BCUT2D eigenvalue weighted by Gasteiger charge is 1.94. The number of hydrogen-bond donors (Lipinski definition) is 0. The van der Waals surface area contributed by atoms with Crippen molar-refractivity contribution in [2.75, 3.05) is 0 Å². The zero-order valence-corrected chi connectivity index (χ0v) is 5.27. The fourth-order valence-electron chi connectivity index (χ4n) is 0.391. The predicted octanol–water partition coefficient (Wildman–Crippen LogP) is 0.996. The maximum Gasteiger partial charge on any atom is 0.168 e. The van der Waals surface area contributed by atoms with Gasteiger partial charge in [-0.25, -0.2) is 4.98 Å². The molecule has 0 aromatic carbocycles. The molecule has 1 aromatic rings. The molecule has 0 saturated carbocycles. The molecule has 0 saturated heterocycles. The molecular formula is C6H2N2S. The molecule has 0 aliphatic carbocycles. The van der Waals surface area contributed by atoms with Gasteiger partial charge in [0.25, 0.3) is 0 Å². The van der Waals surface area contributed by atoms with Crippen molar-refractivity contribution in [2.24, 2.45) is 0 Å². The van der Waals surface area contributed by atoms with Crippen LogP contribution in [-0.2, 0) is 0 Å². The predicted molar refractivity (Wildman–Crippen MR) is 34.8 cm³/mol. The minimum atomic E-state index is 0.396. The first kappa shape index (κ1) is 5.81. The number of aromatic nitrogens is 1. The van der Waals surface area contributed by atoms with Crippen molar-refractivity contribution >= 4 is 11.3 Å². The smallest absolute Gasteiger partial charge is 0.168 e. The van der Waals surface area contributed by atoms with Gasteiger partial charge in [0, 0.05) is 5.38 Å². The van der Waals surface area contributed by atoms with E-state index in [1.165, 1.54) is 11.3 Å². The summed E-state index contributed by atoms with van der Waals surface area (Å²) in [5.74, 6) is 2.34. The normalized spacial score (nSPS) is 7.78. The SMILES string of the molecule is C#Cc1nc(C#N)cs1. The van der Waals surface area contributed by atoms with Crippen LogP contribution in [0, 0.1) is 23.7 Å². The van der Waals surface area contributed by atoms with E-state index in [0.717, 1.165) is 0 Å². The molecule has 0 atom stereocenters. The van der Waals surface area contributed by atoms with Gasteiger partial charge >= 0.3 is 0 Å². The lowest BCUT2D eigenvalue weighted by molar-refractivity contribution is 1.31. The van der Waals surface area contributed by atoms with Gasteiger partial charge in [0.2, 0.25) is 0 Å². The number of terminal acetylenes is 1. The molecule has 0 spiro atoms. The van der Waals surface area contributed by atoms with Crippen LogP contribution in [0.4, 0.5) is 0 Å². The molecule has 0 aliphatic rings. The highest BCUT2D eigenvalue weighted by molar-refractivity contribution is 7.10. The Morgan fingerprint density at radius 2 is 2.56 bits per heavy atom. The van der Waals surface area contributed by atoms with E-state index in [4.69, 9.17) is 11.7 Å². The molecular weight excluding hydrogens is 132 g/mol. The average molecular weight is 134 g/mol. The van der Waals surface area contributed by atoms with Crippen molar-refractivity contribution in [3.63, 3.8) is 0 Å². The van der Waals surface area contributed by atoms with Crippen LogP contribution in [0.5, 0.6) is 0 Å². The molecule has 0 unspecified atom stereocenters. The Morgan fingerprint density at radius 1 is 1.78 bits per heavy atom. The lowest BCUT2D eigenvalue weighted by Gasteiger charge is -1.69. The fourth-order valence-corrected chi connectivity index (χ4v) is 0.939. The van der Waals surface area contributed by atoms with Crippen molar-refractivity contribution in [1.29, 1.82) is 5.26 Å². The second-order valence-corrected chi connectivity index (χ2v) is 2.15. The van der Waals surface area contributed by atoms with Crippen LogP contribution in [-0.4, -0.2) is 4.98 Å². The van der Waals surface area contributed by atoms with Gasteiger partial charge in [-0.3, -0.25) is 0 Å². The number of rotatable bonds is 0. The Hall–Kier alpha value is -1.32. The maximum absolute atomic E-state index is 8.27. The molecule has 3 heteroatoms. The van der Waals surface area contributed by atoms with Crippen LogP contribution in [0.1, 0.15) is 10.7 Å². The molecule has 1 aromatic heterocycles. The molecule has 9 heavy (non-hydrogen) atoms. The average Bonchev–Trinajstić information content (AvgIpc) is 2.34. The number of nitriles is 1. The first-order chi connectivity index (χ1) is 4.36. The topological polar surface area (TPSA) is 36.7 Å². The molecule has 0 bridgehead atoms. The molecule has 0 N–H and O–H groups in total. The summed E-state index contributed by atoms with van der Waals surface area (Å²) < 4.78 is 0. The highest BCUT2D eigenvalue weighted by Crippen LogP contribution is 2.05. The van der Waals surface area contributed by atoms with E-state index in [1.54, 1.807) is 5.38 Å².